The van der Waals surface area contributed by atoms with Crippen LogP contribution in [0.2, 0.25) is 0 Å². The molecule has 2 rings (SSSR count). The van der Waals surface area contributed by atoms with Gasteiger partial charge >= 0.3 is 0 Å². The lowest BCUT2D eigenvalue weighted by Gasteiger charge is -2.41. The van der Waals surface area contributed by atoms with Crippen LogP contribution in [-0.2, 0) is 9.59 Å². The van der Waals surface area contributed by atoms with E-state index in [2.05, 4.69) is 19.2 Å². The molecule has 1 fully saturated rings. The average Bonchev–Trinajstić information content (AvgIpc) is 2.53. The lowest BCUT2D eigenvalue weighted by Crippen LogP contribution is -2.54. The van der Waals surface area contributed by atoms with Crippen LogP contribution in [-0.4, -0.2) is 53.3 Å². The molecule has 138 valence electrons. The number of carbonyl (C=O) groups is 2. The van der Waals surface area contributed by atoms with Gasteiger partial charge in [0.1, 0.15) is 5.82 Å². The van der Waals surface area contributed by atoms with E-state index < -0.39 is 5.82 Å². The number of halogens is 1. The summed E-state index contributed by atoms with van der Waals surface area (Å²) in [5.41, 5.74) is 0.413. The van der Waals surface area contributed by atoms with Crippen LogP contribution in [0.1, 0.15) is 40.0 Å². The molecule has 1 heterocycles. The number of nitrogens with one attached hydrogen (secondary N) is 1. The third-order valence-corrected chi connectivity index (χ3v) is 4.97. The van der Waals surface area contributed by atoms with Crippen molar-refractivity contribution in [2.75, 3.05) is 18.9 Å². The highest BCUT2D eigenvalue weighted by atomic mass is 19.1. The Morgan fingerprint density at radius 2 is 1.96 bits per heavy atom. The summed E-state index contributed by atoms with van der Waals surface area (Å²) in [5.74, 6) is -0.615. The number of anilines is 1. The Morgan fingerprint density at radius 1 is 1.32 bits per heavy atom. The predicted molar refractivity (Wildman–Crippen MR) is 96.7 cm³/mol. The second-order valence-electron chi connectivity index (χ2n) is 7.02. The van der Waals surface area contributed by atoms with Gasteiger partial charge in [-0.1, -0.05) is 6.07 Å². The van der Waals surface area contributed by atoms with Gasteiger partial charge in [0, 0.05) is 17.8 Å². The van der Waals surface area contributed by atoms with Crippen LogP contribution in [0.25, 0.3) is 0 Å². The molecule has 0 saturated carbocycles. The summed E-state index contributed by atoms with van der Waals surface area (Å²) in [7, 11) is 1.76. The van der Waals surface area contributed by atoms with Gasteiger partial charge in [0.05, 0.1) is 12.6 Å². The number of carbonyl (C=O) groups excluding carboxylic acids is 2. The molecular formula is C19H28FN3O2. The van der Waals surface area contributed by atoms with Crippen LogP contribution in [0.4, 0.5) is 10.1 Å². The van der Waals surface area contributed by atoms with Crippen LogP contribution in [0.3, 0.4) is 0 Å². The summed E-state index contributed by atoms with van der Waals surface area (Å²) in [6.07, 6.45) is 3.19. The lowest BCUT2D eigenvalue weighted by molar-refractivity contribution is -0.142. The van der Waals surface area contributed by atoms with Gasteiger partial charge in [-0.05, 0) is 65.3 Å². The largest absolute Gasteiger partial charge is 0.336 e. The lowest BCUT2D eigenvalue weighted by atomic mass is 9.96. The standard InChI is InChI=1S/C19H28FN3O2/c1-13-7-5-8-14(2)23(13)19(25)15(3)22(4)12-18(24)21-17-10-6-9-16(20)11-17/h6,9-11,13-15H,5,7-8,12H2,1-4H3,(H,21,24)/t13-,14+,15-/m1/s1. The summed E-state index contributed by atoms with van der Waals surface area (Å²) >= 11 is 0. The minimum Gasteiger partial charge on any atom is -0.336 e. The molecule has 0 unspecified atom stereocenters. The van der Waals surface area contributed by atoms with Gasteiger partial charge in [0.15, 0.2) is 0 Å². The topological polar surface area (TPSA) is 52.7 Å². The molecule has 0 aliphatic carbocycles. The molecule has 6 heteroatoms. The van der Waals surface area contributed by atoms with Crippen LogP contribution in [0, 0.1) is 5.82 Å². The minimum absolute atomic E-state index is 0.0563. The number of amides is 2. The molecule has 1 aliphatic rings. The summed E-state index contributed by atoms with van der Waals surface area (Å²) < 4.78 is 13.2. The number of nitrogens with zero attached hydrogens (tertiary/aromatic N) is 2. The van der Waals surface area contributed by atoms with E-state index >= 15 is 0 Å². The van der Waals surface area contributed by atoms with Gasteiger partial charge in [-0.2, -0.15) is 0 Å². The smallest absolute Gasteiger partial charge is 0.240 e. The molecule has 1 saturated heterocycles. The van der Waals surface area contributed by atoms with Crippen molar-refractivity contribution in [3.05, 3.63) is 30.1 Å². The first kappa shape index (κ1) is 19.4. The van der Waals surface area contributed by atoms with Crippen molar-refractivity contribution >= 4 is 17.5 Å². The van der Waals surface area contributed by atoms with Gasteiger partial charge < -0.3 is 10.2 Å². The number of likely N-dealkylation sites (N-methyl/N-ethyl adjacent to an activating group) is 1. The second-order valence-corrected chi connectivity index (χ2v) is 7.02. The summed E-state index contributed by atoms with van der Waals surface area (Å²) in [4.78, 5) is 28.7. The molecule has 1 aromatic carbocycles. The molecule has 1 aromatic rings. The maximum absolute atomic E-state index is 13.2. The van der Waals surface area contributed by atoms with Gasteiger partial charge in [0.2, 0.25) is 11.8 Å². The van der Waals surface area contributed by atoms with E-state index in [1.54, 1.807) is 24.1 Å². The molecule has 0 spiro atoms. The highest BCUT2D eigenvalue weighted by molar-refractivity contribution is 5.92. The van der Waals surface area contributed by atoms with Gasteiger partial charge in [-0.15, -0.1) is 0 Å². The van der Waals surface area contributed by atoms with E-state index in [0.29, 0.717) is 5.69 Å². The molecule has 2 amide bonds. The number of rotatable bonds is 5. The van der Waals surface area contributed by atoms with E-state index in [1.807, 2.05) is 11.8 Å². The van der Waals surface area contributed by atoms with Crippen molar-refractivity contribution in [2.24, 2.45) is 0 Å². The monoisotopic (exact) mass is 349 g/mol. The zero-order valence-corrected chi connectivity index (χ0v) is 15.5. The Morgan fingerprint density at radius 3 is 2.56 bits per heavy atom. The summed E-state index contributed by atoms with van der Waals surface area (Å²) in [5, 5.41) is 2.66. The van der Waals surface area contributed by atoms with Crippen LogP contribution < -0.4 is 5.32 Å². The van der Waals surface area contributed by atoms with Crippen molar-refractivity contribution in [1.29, 1.82) is 0 Å². The maximum atomic E-state index is 13.2. The zero-order chi connectivity index (χ0) is 18.6. The second kappa shape index (κ2) is 8.43. The summed E-state index contributed by atoms with van der Waals surface area (Å²) in [6.45, 7) is 6.06. The van der Waals surface area contributed by atoms with E-state index in [4.69, 9.17) is 0 Å². The van der Waals surface area contributed by atoms with Crippen molar-refractivity contribution in [3.63, 3.8) is 0 Å². The molecule has 0 bridgehead atoms. The first-order valence-electron chi connectivity index (χ1n) is 8.87. The van der Waals surface area contributed by atoms with Crippen molar-refractivity contribution < 1.29 is 14.0 Å². The first-order chi connectivity index (χ1) is 11.8. The van der Waals surface area contributed by atoms with E-state index in [1.165, 1.54) is 12.1 Å². The molecule has 25 heavy (non-hydrogen) atoms. The third kappa shape index (κ3) is 5.01. The fourth-order valence-corrected chi connectivity index (χ4v) is 3.39. The number of likely N-dealkylation sites (tertiary alicyclic amines) is 1. The number of hydrogen-bond acceptors (Lipinski definition) is 3. The normalized spacial score (nSPS) is 21.9. The molecule has 0 radical (unpaired) electrons. The number of piperidine rings is 1. The van der Waals surface area contributed by atoms with Gasteiger partial charge in [-0.3, -0.25) is 14.5 Å². The number of benzene rings is 1. The van der Waals surface area contributed by atoms with Crippen molar-refractivity contribution in [1.82, 2.24) is 9.80 Å². The fraction of sp³-hybridized carbons (Fsp3) is 0.579. The van der Waals surface area contributed by atoms with Crippen molar-refractivity contribution in [3.8, 4) is 0 Å². The van der Waals surface area contributed by atoms with E-state index in [0.717, 1.165) is 19.3 Å². The Hall–Kier alpha value is -1.95. The Labute approximate surface area is 149 Å². The molecule has 0 aromatic heterocycles. The highest BCUT2D eigenvalue weighted by Gasteiger charge is 2.33. The zero-order valence-electron chi connectivity index (χ0n) is 15.5. The summed E-state index contributed by atoms with van der Waals surface area (Å²) in [6, 6.07) is 5.84. The quantitative estimate of drug-likeness (QED) is 0.889. The highest BCUT2D eigenvalue weighted by Crippen LogP contribution is 2.24. The van der Waals surface area contributed by atoms with Crippen molar-refractivity contribution in [2.45, 2.75) is 58.2 Å². The third-order valence-electron chi connectivity index (χ3n) is 4.97. The molecular weight excluding hydrogens is 321 g/mol. The van der Waals surface area contributed by atoms with Gasteiger partial charge in [-0.25, -0.2) is 4.39 Å². The predicted octanol–water partition coefficient (Wildman–Crippen LogP) is 2.87. The first-order valence-corrected chi connectivity index (χ1v) is 8.87. The Bertz CT molecular complexity index is 612. The Kier molecular flexibility index (Phi) is 6.53. The number of hydrogen-bond donors (Lipinski definition) is 1. The fourth-order valence-electron chi connectivity index (χ4n) is 3.39. The molecule has 1 N–H and O–H groups in total. The minimum atomic E-state index is -0.400. The Balaban J connectivity index is 1.93. The molecule has 3 atom stereocenters. The maximum Gasteiger partial charge on any atom is 0.240 e. The van der Waals surface area contributed by atoms with E-state index in [9.17, 15) is 14.0 Å². The van der Waals surface area contributed by atoms with Gasteiger partial charge in [0.25, 0.3) is 0 Å². The van der Waals surface area contributed by atoms with Crippen LogP contribution in [0.15, 0.2) is 24.3 Å². The van der Waals surface area contributed by atoms with Crippen LogP contribution in [0.5, 0.6) is 0 Å². The SMILES string of the molecule is C[C@H](C(=O)N1[C@H](C)CCC[C@@H]1C)N(C)CC(=O)Nc1cccc(F)c1. The average molecular weight is 349 g/mol. The van der Waals surface area contributed by atoms with E-state index in [-0.39, 0.29) is 36.5 Å². The molecule has 1 aliphatic heterocycles. The molecule has 5 nitrogen and oxygen atoms in total. The van der Waals surface area contributed by atoms with Crippen LogP contribution >= 0.6 is 0 Å².